The second-order valence-electron chi connectivity index (χ2n) is 4.92. The smallest absolute Gasteiger partial charge is 0.254 e. The summed E-state index contributed by atoms with van der Waals surface area (Å²) in [7, 11) is -3.41. The molecule has 0 aromatic carbocycles. The minimum Gasteiger partial charge on any atom is -0.352 e. The molecule has 5 nitrogen and oxygen atoms in total. The van der Waals surface area contributed by atoms with Crippen molar-refractivity contribution in [2.75, 3.05) is 12.8 Å². The molecule has 18 heavy (non-hydrogen) atoms. The lowest BCUT2D eigenvalue weighted by atomic mass is 10.0. The summed E-state index contributed by atoms with van der Waals surface area (Å²) in [6, 6.07) is 1.58. The highest BCUT2D eigenvalue weighted by Gasteiger charge is 2.32. The molecule has 0 spiro atoms. The fourth-order valence-electron chi connectivity index (χ4n) is 2.28. The first-order chi connectivity index (χ1) is 8.47. The average molecular weight is 266 g/mol. The van der Waals surface area contributed by atoms with Crippen molar-refractivity contribution >= 4 is 15.7 Å². The van der Waals surface area contributed by atoms with Gasteiger partial charge < -0.3 is 5.32 Å². The topological polar surface area (TPSA) is 76.1 Å². The van der Waals surface area contributed by atoms with Gasteiger partial charge in [-0.15, -0.1) is 0 Å². The van der Waals surface area contributed by atoms with Crippen LogP contribution < -0.4 is 5.32 Å². The maximum absolute atomic E-state index is 11.8. The molecule has 2 aliphatic rings. The number of amides is 1. The molecular formula is C12H14N2O3S. The molecule has 96 valence electrons. The van der Waals surface area contributed by atoms with Gasteiger partial charge in [-0.3, -0.25) is 9.78 Å². The van der Waals surface area contributed by atoms with Gasteiger partial charge in [0.05, 0.1) is 16.2 Å². The quantitative estimate of drug-likeness (QED) is 0.852. The minimum atomic E-state index is -3.41. The van der Waals surface area contributed by atoms with E-state index in [1.54, 1.807) is 6.07 Å². The minimum absolute atomic E-state index is 0.131. The zero-order valence-electron chi connectivity index (χ0n) is 10.1. The molecule has 6 heteroatoms. The van der Waals surface area contributed by atoms with Gasteiger partial charge in [0.25, 0.3) is 5.91 Å². The van der Waals surface area contributed by atoms with E-state index in [-0.39, 0.29) is 16.4 Å². The standard InChI is InChI=1S/C12H14N2O3S/c1-18(16,17)10-6-9(7-2-3-7)14-8-4-5-13-12(15)11(8)10/h6-7H,2-5H2,1H3,(H,13,15). The van der Waals surface area contributed by atoms with Crippen LogP contribution in [0.25, 0.3) is 0 Å². The van der Waals surface area contributed by atoms with Crippen molar-refractivity contribution in [1.29, 1.82) is 0 Å². The van der Waals surface area contributed by atoms with Crippen LogP contribution in [-0.4, -0.2) is 32.1 Å². The number of sulfone groups is 1. The van der Waals surface area contributed by atoms with E-state index in [0.717, 1.165) is 24.8 Å². The van der Waals surface area contributed by atoms with E-state index in [1.807, 2.05) is 0 Å². The Morgan fingerprint density at radius 3 is 2.72 bits per heavy atom. The van der Waals surface area contributed by atoms with Crippen LogP contribution in [0, 0.1) is 0 Å². The Morgan fingerprint density at radius 1 is 1.39 bits per heavy atom. The summed E-state index contributed by atoms with van der Waals surface area (Å²) in [5.41, 5.74) is 1.70. The molecule has 1 aliphatic carbocycles. The lowest BCUT2D eigenvalue weighted by Crippen LogP contribution is -2.34. The van der Waals surface area contributed by atoms with E-state index in [9.17, 15) is 13.2 Å². The van der Waals surface area contributed by atoms with Crippen molar-refractivity contribution in [2.24, 2.45) is 0 Å². The summed E-state index contributed by atoms with van der Waals surface area (Å²) in [5.74, 6) is 0.0484. The highest BCUT2D eigenvalue weighted by molar-refractivity contribution is 7.90. The zero-order valence-corrected chi connectivity index (χ0v) is 10.9. The summed E-state index contributed by atoms with van der Waals surface area (Å²) >= 11 is 0. The summed E-state index contributed by atoms with van der Waals surface area (Å²) in [4.78, 5) is 16.4. The van der Waals surface area contributed by atoms with Crippen LogP contribution in [0.4, 0.5) is 0 Å². The molecule has 1 N–H and O–H groups in total. The van der Waals surface area contributed by atoms with E-state index >= 15 is 0 Å². The van der Waals surface area contributed by atoms with Gasteiger partial charge in [-0.25, -0.2) is 8.42 Å². The van der Waals surface area contributed by atoms with Crippen LogP contribution in [-0.2, 0) is 16.3 Å². The highest BCUT2D eigenvalue weighted by atomic mass is 32.2. The number of rotatable bonds is 2. The van der Waals surface area contributed by atoms with Gasteiger partial charge in [-0.1, -0.05) is 0 Å². The highest BCUT2D eigenvalue weighted by Crippen LogP contribution is 2.40. The molecular weight excluding hydrogens is 252 g/mol. The first kappa shape index (κ1) is 11.6. The van der Waals surface area contributed by atoms with Crippen LogP contribution >= 0.6 is 0 Å². The summed E-state index contributed by atoms with van der Waals surface area (Å²) in [6.45, 7) is 0.524. The fraction of sp³-hybridized carbons (Fsp3) is 0.500. The number of nitrogens with one attached hydrogen (secondary N) is 1. The van der Waals surface area contributed by atoms with Crippen molar-refractivity contribution in [3.05, 3.63) is 23.0 Å². The maximum atomic E-state index is 11.8. The molecule has 0 atom stereocenters. The lowest BCUT2D eigenvalue weighted by Gasteiger charge is -2.19. The Bertz CT molecular complexity index is 633. The number of fused-ring (bicyclic) bond motifs is 1. The monoisotopic (exact) mass is 266 g/mol. The fourth-order valence-corrected chi connectivity index (χ4v) is 3.20. The first-order valence-corrected chi connectivity index (χ1v) is 7.88. The van der Waals surface area contributed by atoms with Crippen molar-refractivity contribution in [3.8, 4) is 0 Å². The van der Waals surface area contributed by atoms with E-state index in [0.29, 0.717) is 24.6 Å². The SMILES string of the molecule is CS(=O)(=O)c1cc(C2CC2)nc2c1C(=O)NCC2. The number of nitrogens with zero attached hydrogens (tertiary/aromatic N) is 1. The van der Waals surface area contributed by atoms with Gasteiger partial charge in [0.2, 0.25) is 0 Å². The Morgan fingerprint density at radius 2 is 2.11 bits per heavy atom. The number of hydrogen-bond donors (Lipinski definition) is 1. The molecule has 0 radical (unpaired) electrons. The first-order valence-electron chi connectivity index (χ1n) is 5.99. The molecule has 1 aromatic rings. The van der Waals surface area contributed by atoms with Crippen molar-refractivity contribution in [2.45, 2.75) is 30.1 Å². The molecule has 0 saturated heterocycles. The number of hydrogen-bond acceptors (Lipinski definition) is 4. The van der Waals surface area contributed by atoms with Crippen LogP contribution in [0.3, 0.4) is 0 Å². The Labute approximate surface area is 106 Å². The van der Waals surface area contributed by atoms with Gasteiger partial charge in [0, 0.05) is 30.8 Å². The van der Waals surface area contributed by atoms with Crippen LogP contribution in [0.1, 0.15) is 40.5 Å². The largest absolute Gasteiger partial charge is 0.352 e. The third kappa shape index (κ3) is 1.90. The molecule has 3 rings (SSSR count). The molecule has 1 fully saturated rings. The zero-order chi connectivity index (χ0) is 12.9. The van der Waals surface area contributed by atoms with E-state index in [2.05, 4.69) is 10.3 Å². The number of pyridine rings is 1. The Balaban J connectivity index is 2.26. The van der Waals surface area contributed by atoms with Crippen molar-refractivity contribution in [3.63, 3.8) is 0 Å². The van der Waals surface area contributed by atoms with Crippen molar-refractivity contribution < 1.29 is 13.2 Å². The molecule has 1 aromatic heterocycles. The van der Waals surface area contributed by atoms with Gasteiger partial charge in [0.15, 0.2) is 9.84 Å². The second-order valence-corrected chi connectivity index (χ2v) is 6.90. The molecule has 0 unspecified atom stereocenters. The maximum Gasteiger partial charge on any atom is 0.254 e. The number of aromatic nitrogens is 1. The lowest BCUT2D eigenvalue weighted by molar-refractivity contribution is 0.0941. The molecule has 1 saturated carbocycles. The molecule has 2 heterocycles. The van der Waals surface area contributed by atoms with Crippen LogP contribution in [0.15, 0.2) is 11.0 Å². The van der Waals surface area contributed by atoms with E-state index < -0.39 is 9.84 Å². The normalized spacial score (nSPS) is 19.3. The summed E-state index contributed by atoms with van der Waals surface area (Å²) in [6.07, 6.45) is 3.85. The van der Waals surface area contributed by atoms with Crippen LogP contribution in [0.5, 0.6) is 0 Å². The van der Waals surface area contributed by atoms with Gasteiger partial charge in [-0.2, -0.15) is 0 Å². The van der Waals surface area contributed by atoms with E-state index in [4.69, 9.17) is 0 Å². The Kier molecular flexibility index (Phi) is 2.45. The van der Waals surface area contributed by atoms with Crippen LogP contribution in [0.2, 0.25) is 0 Å². The Hall–Kier alpha value is -1.43. The predicted molar refractivity (Wildman–Crippen MR) is 65.4 cm³/mol. The average Bonchev–Trinajstić information content (AvgIpc) is 3.10. The van der Waals surface area contributed by atoms with Gasteiger partial charge in [0.1, 0.15) is 0 Å². The number of carbonyl (C=O) groups excluding carboxylic acids is 1. The van der Waals surface area contributed by atoms with Crippen molar-refractivity contribution in [1.82, 2.24) is 10.3 Å². The summed E-state index contributed by atoms with van der Waals surface area (Å²) in [5, 5.41) is 2.67. The molecule has 0 bridgehead atoms. The van der Waals surface area contributed by atoms with Gasteiger partial charge >= 0.3 is 0 Å². The van der Waals surface area contributed by atoms with Gasteiger partial charge in [-0.05, 0) is 18.9 Å². The number of carbonyl (C=O) groups is 1. The molecule has 1 amide bonds. The third-order valence-electron chi connectivity index (χ3n) is 3.35. The second kappa shape index (κ2) is 3.78. The predicted octanol–water partition coefficient (Wildman–Crippen LogP) is 0.648. The third-order valence-corrected chi connectivity index (χ3v) is 4.47. The summed E-state index contributed by atoms with van der Waals surface area (Å²) < 4.78 is 23.7. The molecule has 1 aliphatic heterocycles. The van der Waals surface area contributed by atoms with E-state index in [1.165, 1.54) is 0 Å².